The molecule has 5 atom stereocenters. The van der Waals surface area contributed by atoms with Gasteiger partial charge >= 0.3 is 5.97 Å². The molecule has 2 fully saturated rings. The monoisotopic (exact) mass is 322 g/mol. The maximum absolute atomic E-state index is 11.4. The summed E-state index contributed by atoms with van der Waals surface area (Å²) in [5, 5.41) is 0. The molecule has 23 heavy (non-hydrogen) atoms. The molecule has 0 heterocycles. The minimum absolute atomic E-state index is 0.0964. The van der Waals surface area contributed by atoms with Crippen molar-refractivity contribution in [3.63, 3.8) is 0 Å². The van der Waals surface area contributed by atoms with E-state index < -0.39 is 0 Å². The highest BCUT2D eigenvalue weighted by molar-refractivity contribution is 5.66. The van der Waals surface area contributed by atoms with Crippen LogP contribution < -0.4 is 0 Å². The van der Waals surface area contributed by atoms with Crippen LogP contribution in [-0.2, 0) is 9.53 Å². The Hall–Kier alpha value is -0.530. The Morgan fingerprint density at radius 3 is 2.57 bits per heavy atom. The van der Waals surface area contributed by atoms with Gasteiger partial charge in [-0.05, 0) is 61.2 Å². The Kier molecular flexibility index (Phi) is 5.85. The van der Waals surface area contributed by atoms with Crippen LogP contribution in [0.5, 0.6) is 0 Å². The van der Waals surface area contributed by atoms with Gasteiger partial charge in [0.25, 0.3) is 0 Å². The zero-order valence-electron chi connectivity index (χ0n) is 16.3. The van der Waals surface area contributed by atoms with E-state index in [0.29, 0.717) is 16.7 Å². The minimum atomic E-state index is -0.0964. The standard InChI is InChI=1S/C21H38O2/c1-15(9-7-13-20(3,4)5)17-11-12-18-19(23-16(2)22)10-8-14-21(17,18)6/h15,17-19H,7-14H2,1-6H3/t15-,17-,18?,19+,21-/m1/s1. The first kappa shape index (κ1) is 18.8. The van der Waals surface area contributed by atoms with E-state index in [1.807, 2.05) is 0 Å². The van der Waals surface area contributed by atoms with Crippen LogP contribution in [0.1, 0.15) is 92.9 Å². The normalized spacial score (nSPS) is 35.7. The molecule has 0 spiro atoms. The molecule has 2 saturated carbocycles. The van der Waals surface area contributed by atoms with Crippen molar-refractivity contribution >= 4 is 5.97 Å². The Balaban J connectivity index is 1.97. The van der Waals surface area contributed by atoms with E-state index in [1.165, 1.54) is 44.9 Å². The van der Waals surface area contributed by atoms with Crippen molar-refractivity contribution in [1.29, 1.82) is 0 Å². The summed E-state index contributed by atoms with van der Waals surface area (Å²) in [6.07, 6.45) is 10.4. The van der Waals surface area contributed by atoms with Gasteiger partial charge in [-0.2, -0.15) is 0 Å². The van der Waals surface area contributed by atoms with Gasteiger partial charge in [-0.1, -0.05) is 47.5 Å². The molecule has 0 aromatic rings. The molecule has 0 aromatic heterocycles. The predicted molar refractivity (Wildman–Crippen MR) is 96.2 cm³/mol. The van der Waals surface area contributed by atoms with Crippen LogP contribution in [0, 0.1) is 28.6 Å². The first-order valence-electron chi connectivity index (χ1n) is 9.81. The Morgan fingerprint density at radius 1 is 1.26 bits per heavy atom. The molecule has 2 heteroatoms. The lowest BCUT2D eigenvalue weighted by atomic mass is 9.61. The molecule has 2 nitrogen and oxygen atoms in total. The summed E-state index contributed by atoms with van der Waals surface area (Å²) in [4.78, 5) is 11.4. The molecule has 0 bridgehead atoms. The number of hydrogen-bond acceptors (Lipinski definition) is 2. The molecular formula is C21H38O2. The summed E-state index contributed by atoms with van der Waals surface area (Å²) in [6, 6.07) is 0. The van der Waals surface area contributed by atoms with Crippen molar-refractivity contribution in [2.75, 3.05) is 0 Å². The fourth-order valence-corrected chi connectivity index (χ4v) is 5.60. The van der Waals surface area contributed by atoms with Crippen molar-refractivity contribution in [3.8, 4) is 0 Å². The fraction of sp³-hybridized carbons (Fsp3) is 0.952. The van der Waals surface area contributed by atoms with Gasteiger partial charge in [0, 0.05) is 12.8 Å². The molecule has 134 valence electrons. The second kappa shape index (κ2) is 7.15. The van der Waals surface area contributed by atoms with E-state index in [2.05, 4.69) is 34.6 Å². The molecule has 2 aliphatic rings. The lowest BCUT2D eigenvalue weighted by Crippen LogP contribution is -2.43. The first-order chi connectivity index (χ1) is 10.6. The summed E-state index contributed by atoms with van der Waals surface area (Å²) >= 11 is 0. The number of rotatable bonds is 5. The summed E-state index contributed by atoms with van der Waals surface area (Å²) in [5.74, 6) is 2.10. The van der Waals surface area contributed by atoms with Crippen LogP contribution in [0.3, 0.4) is 0 Å². The average Bonchev–Trinajstić information content (AvgIpc) is 2.74. The lowest BCUT2D eigenvalue weighted by Gasteiger charge is -2.46. The number of fused-ring (bicyclic) bond motifs is 1. The molecule has 0 N–H and O–H groups in total. The third-order valence-electron chi connectivity index (χ3n) is 6.73. The topological polar surface area (TPSA) is 26.3 Å². The second-order valence-electron chi connectivity index (χ2n) is 9.77. The molecule has 2 aliphatic carbocycles. The number of carbonyl (C=O) groups is 1. The fourth-order valence-electron chi connectivity index (χ4n) is 5.60. The van der Waals surface area contributed by atoms with Crippen LogP contribution in [0.15, 0.2) is 0 Å². The van der Waals surface area contributed by atoms with Crippen LogP contribution in [-0.4, -0.2) is 12.1 Å². The van der Waals surface area contributed by atoms with Crippen molar-refractivity contribution in [2.45, 2.75) is 99.0 Å². The highest BCUT2D eigenvalue weighted by Gasteiger charge is 2.53. The third kappa shape index (κ3) is 4.51. The van der Waals surface area contributed by atoms with Gasteiger partial charge in [0.05, 0.1) is 0 Å². The summed E-state index contributed by atoms with van der Waals surface area (Å²) in [5.41, 5.74) is 0.840. The lowest BCUT2D eigenvalue weighted by molar-refractivity contribution is -0.155. The van der Waals surface area contributed by atoms with Crippen LogP contribution in [0.2, 0.25) is 0 Å². The van der Waals surface area contributed by atoms with Gasteiger partial charge in [-0.15, -0.1) is 0 Å². The molecule has 0 aliphatic heterocycles. The maximum atomic E-state index is 11.4. The zero-order valence-corrected chi connectivity index (χ0v) is 16.3. The number of hydrogen-bond donors (Lipinski definition) is 0. The SMILES string of the molecule is CC(=O)O[C@H]1CCC[C@@]2(C)C1CC[C@@H]2[C@H](C)CCCC(C)(C)C. The molecule has 2 rings (SSSR count). The second-order valence-corrected chi connectivity index (χ2v) is 9.77. The molecule has 0 radical (unpaired) electrons. The van der Waals surface area contributed by atoms with Crippen LogP contribution >= 0.6 is 0 Å². The van der Waals surface area contributed by atoms with Gasteiger partial charge in [0.15, 0.2) is 0 Å². The van der Waals surface area contributed by atoms with E-state index in [1.54, 1.807) is 6.92 Å². The number of esters is 1. The molecule has 1 unspecified atom stereocenters. The van der Waals surface area contributed by atoms with Crippen LogP contribution in [0.25, 0.3) is 0 Å². The molecule has 0 aromatic carbocycles. The van der Waals surface area contributed by atoms with E-state index >= 15 is 0 Å². The quantitative estimate of drug-likeness (QED) is 0.581. The van der Waals surface area contributed by atoms with Crippen LogP contribution in [0.4, 0.5) is 0 Å². The van der Waals surface area contributed by atoms with Gasteiger partial charge < -0.3 is 4.74 Å². The molecule has 0 amide bonds. The smallest absolute Gasteiger partial charge is 0.302 e. The average molecular weight is 323 g/mol. The van der Waals surface area contributed by atoms with Gasteiger partial charge in [-0.25, -0.2) is 0 Å². The number of ether oxygens (including phenoxy) is 1. The maximum Gasteiger partial charge on any atom is 0.302 e. The Morgan fingerprint density at radius 2 is 1.96 bits per heavy atom. The van der Waals surface area contributed by atoms with E-state index in [9.17, 15) is 4.79 Å². The van der Waals surface area contributed by atoms with Gasteiger partial charge in [0.2, 0.25) is 0 Å². The van der Waals surface area contributed by atoms with Crippen molar-refractivity contribution < 1.29 is 9.53 Å². The predicted octanol–water partition coefficient (Wildman–Crippen LogP) is 5.99. The highest BCUT2D eigenvalue weighted by Crippen LogP contribution is 2.58. The highest BCUT2D eigenvalue weighted by atomic mass is 16.5. The van der Waals surface area contributed by atoms with E-state index in [4.69, 9.17) is 4.74 Å². The minimum Gasteiger partial charge on any atom is -0.462 e. The third-order valence-corrected chi connectivity index (χ3v) is 6.73. The van der Waals surface area contributed by atoms with E-state index in [-0.39, 0.29) is 12.1 Å². The first-order valence-corrected chi connectivity index (χ1v) is 9.81. The van der Waals surface area contributed by atoms with Crippen molar-refractivity contribution in [3.05, 3.63) is 0 Å². The summed E-state index contributed by atoms with van der Waals surface area (Å²) < 4.78 is 5.69. The van der Waals surface area contributed by atoms with Crippen molar-refractivity contribution in [1.82, 2.24) is 0 Å². The largest absolute Gasteiger partial charge is 0.462 e. The summed E-state index contributed by atoms with van der Waals surface area (Å²) in [7, 11) is 0. The zero-order chi connectivity index (χ0) is 17.3. The van der Waals surface area contributed by atoms with Crippen molar-refractivity contribution in [2.24, 2.45) is 28.6 Å². The van der Waals surface area contributed by atoms with E-state index in [0.717, 1.165) is 18.3 Å². The Bertz CT molecular complexity index is 409. The van der Waals surface area contributed by atoms with Gasteiger partial charge in [-0.3, -0.25) is 4.79 Å². The molecular weight excluding hydrogens is 284 g/mol. The molecule has 0 saturated heterocycles. The Labute approximate surface area is 143 Å². The summed E-state index contributed by atoms with van der Waals surface area (Å²) in [6.45, 7) is 13.6. The van der Waals surface area contributed by atoms with Gasteiger partial charge in [0.1, 0.15) is 6.10 Å². The number of carbonyl (C=O) groups excluding carboxylic acids is 1.